The first kappa shape index (κ1) is 14.8. The Morgan fingerprint density at radius 1 is 1.30 bits per heavy atom. The van der Waals surface area contributed by atoms with Crippen molar-refractivity contribution in [3.05, 3.63) is 11.3 Å². The van der Waals surface area contributed by atoms with E-state index in [1.807, 2.05) is 25.7 Å². The summed E-state index contributed by atoms with van der Waals surface area (Å²) in [5, 5.41) is 7.95. The van der Waals surface area contributed by atoms with Crippen molar-refractivity contribution in [3.63, 3.8) is 0 Å². The maximum atomic E-state index is 11.9. The Morgan fingerprint density at radius 2 is 2.05 bits per heavy atom. The summed E-state index contributed by atoms with van der Waals surface area (Å²) in [5.74, 6) is 1.25. The Labute approximate surface area is 120 Å². The molecular formula is C14H25N5O. The zero-order chi connectivity index (χ0) is 14.7. The third kappa shape index (κ3) is 2.95. The number of carbonyl (C=O) groups excluding carboxylic acids is 1. The molecule has 112 valence electrons. The van der Waals surface area contributed by atoms with E-state index in [9.17, 15) is 4.79 Å². The van der Waals surface area contributed by atoms with Gasteiger partial charge in [-0.15, -0.1) is 0 Å². The van der Waals surface area contributed by atoms with E-state index in [1.165, 1.54) is 5.56 Å². The summed E-state index contributed by atoms with van der Waals surface area (Å²) in [6.07, 6.45) is 1.11. The van der Waals surface area contributed by atoms with Gasteiger partial charge in [0.1, 0.15) is 5.82 Å². The largest absolute Gasteiger partial charge is 0.345 e. The third-order valence-corrected chi connectivity index (χ3v) is 3.80. The summed E-state index contributed by atoms with van der Waals surface area (Å²) < 4.78 is 1.90. The summed E-state index contributed by atoms with van der Waals surface area (Å²) in [7, 11) is 3.81. The molecule has 0 aromatic carbocycles. The Bertz CT molecular complexity index is 482. The minimum absolute atomic E-state index is 0.169. The lowest BCUT2D eigenvalue weighted by molar-refractivity contribution is -0.129. The van der Waals surface area contributed by atoms with Crippen molar-refractivity contribution in [2.45, 2.75) is 26.8 Å². The highest BCUT2D eigenvalue weighted by Gasteiger charge is 2.26. The number of aryl methyl sites for hydroxylation is 2. The van der Waals surface area contributed by atoms with Crippen molar-refractivity contribution < 1.29 is 4.79 Å². The van der Waals surface area contributed by atoms with E-state index in [-0.39, 0.29) is 5.91 Å². The minimum Gasteiger partial charge on any atom is -0.345 e. The molecule has 20 heavy (non-hydrogen) atoms. The minimum atomic E-state index is 0.169. The van der Waals surface area contributed by atoms with E-state index >= 15 is 0 Å². The van der Waals surface area contributed by atoms with Crippen LogP contribution in [-0.2, 0) is 18.4 Å². The quantitative estimate of drug-likeness (QED) is 0.798. The number of hydrogen-bond donors (Lipinski definition) is 1. The number of carbonyl (C=O) groups is 1. The van der Waals surface area contributed by atoms with Crippen LogP contribution in [0.3, 0.4) is 0 Å². The van der Waals surface area contributed by atoms with E-state index in [1.54, 1.807) is 4.90 Å². The van der Waals surface area contributed by atoms with Gasteiger partial charge >= 0.3 is 0 Å². The van der Waals surface area contributed by atoms with Crippen LogP contribution in [0.15, 0.2) is 0 Å². The highest BCUT2D eigenvalue weighted by molar-refractivity contribution is 5.82. The van der Waals surface area contributed by atoms with E-state index in [0.29, 0.717) is 6.54 Å². The van der Waals surface area contributed by atoms with Gasteiger partial charge in [0.25, 0.3) is 0 Å². The SMILES string of the molecule is CCCNCc1c(C)nn(C)c1N1CCN(C)C(=O)C1. The average molecular weight is 279 g/mol. The lowest BCUT2D eigenvalue weighted by Gasteiger charge is -2.34. The predicted octanol–water partition coefficient (Wildman–Crippen LogP) is 0.507. The van der Waals surface area contributed by atoms with Crippen LogP contribution in [0.2, 0.25) is 0 Å². The van der Waals surface area contributed by atoms with E-state index < -0.39 is 0 Å². The van der Waals surface area contributed by atoms with E-state index in [0.717, 1.165) is 44.1 Å². The second-order valence-corrected chi connectivity index (χ2v) is 5.42. The Kier molecular flexibility index (Phi) is 4.65. The predicted molar refractivity (Wildman–Crippen MR) is 79.8 cm³/mol. The van der Waals surface area contributed by atoms with Crippen molar-refractivity contribution in [2.24, 2.45) is 7.05 Å². The van der Waals surface area contributed by atoms with Crippen LogP contribution < -0.4 is 10.2 Å². The standard InChI is InChI=1S/C14H25N5O/c1-5-6-15-9-12-11(2)16-18(4)14(12)19-8-7-17(3)13(20)10-19/h15H,5-10H2,1-4H3. The number of likely N-dealkylation sites (N-methyl/N-ethyl adjacent to an activating group) is 1. The van der Waals surface area contributed by atoms with E-state index in [2.05, 4.69) is 22.2 Å². The van der Waals surface area contributed by atoms with Gasteiger partial charge in [-0.1, -0.05) is 6.92 Å². The molecule has 0 saturated carbocycles. The zero-order valence-electron chi connectivity index (χ0n) is 12.9. The van der Waals surface area contributed by atoms with Gasteiger partial charge in [0.05, 0.1) is 12.2 Å². The van der Waals surface area contributed by atoms with Crippen molar-refractivity contribution in [3.8, 4) is 0 Å². The molecule has 0 spiro atoms. The summed E-state index contributed by atoms with van der Waals surface area (Å²) in [6.45, 7) is 8.06. The monoisotopic (exact) mass is 279 g/mol. The lowest BCUT2D eigenvalue weighted by atomic mass is 10.2. The van der Waals surface area contributed by atoms with Gasteiger partial charge in [-0.3, -0.25) is 9.48 Å². The molecule has 1 aliphatic rings. The number of nitrogens with zero attached hydrogens (tertiary/aromatic N) is 4. The van der Waals surface area contributed by atoms with Gasteiger partial charge in [-0.2, -0.15) is 5.10 Å². The van der Waals surface area contributed by atoms with Crippen LogP contribution in [0.25, 0.3) is 0 Å². The molecule has 0 unspecified atom stereocenters. The molecule has 1 aliphatic heterocycles. The Hall–Kier alpha value is -1.56. The highest BCUT2D eigenvalue weighted by atomic mass is 16.2. The smallest absolute Gasteiger partial charge is 0.241 e. The fourth-order valence-electron chi connectivity index (χ4n) is 2.62. The van der Waals surface area contributed by atoms with Gasteiger partial charge in [0.2, 0.25) is 5.91 Å². The van der Waals surface area contributed by atoms with Gasteiger partial charge in [-0.25, -0.2) is 0 Å². The third-order valence-electron chi connectivity index (χ3n) is 3.80. The summed E-state index contributed by atoms with van der Waals surface area (Å²) >= 11 is 0. The van der Waals surface area contributed by atoms with Crippen LogP contribution in [-0.4, -0.2) is 53.8 Å². The van der Waals surface area contributed by atoms with E-state index in [4.69, 9.17) is 0 Å². The molecule has 0 bridgehead atoms. The topological polar surface area (TPSA) is 53.4 Å². The number of amides is 1. The molecule has 2 heterocycles. The molecule has 1 N–H and O–H groups in total. The zero-order valence-corrected chi connectivity index (χ0v) is 12.9. The second kappa shape index (κ2) is 6.26. The first-order valence-electron chi connectivity index (χ1n) is 7.26. The molecule has 1 aromatic heterocycles. The average Bonchev–Trinajstić information content (AvgIpc) is 2.68. The first-order chi connectivity index (χ1) is 9.54. The summed E-state index contributed by atoms with van der Waals surface area (Å²) in [6, 6.07) is 0. The van der Waals surface area contributed by atoms with Crippen LogP contribution in [0.1, 0.15) is 24.6 Å². The molecular weight excluding hydrogens is 254 g/mol. The van der Waals surface area contributed by atoms with Gasteiger partial charge in [0.15, 0.2) is 0 Å². The molecule has 1 amide bonds. The first-order valence-corrected chi connectivity index (χ1v) is 7.26. The number of aromatic nitrogens is 2. The number of rotatable bonds is 5. The maximum absolute atomic E-state index is 11.9. The lowest BCUT2D eigenvalue weighted by Crippen LogP contribution is -2.49. The van der Waals surface area contributed by atoms with Crippen LogP contribution in [0.4, 0.5) is 5.82 Å². The number of nitrogens with one attached hydrogen (secondary N) is 1. The number of piperazine rings is 1. The Balaban J connectivity index is 2.19. The molecule has 1 fully saturated rings. The van der Waals surface area contributed by atoms with Crippen molar-refractivity contribution in [1.82, 2.24) is 20.0 Å². The fourth-order valence-corrected chi connectivity index (χ4v) is 2.62. The molecule has 1 saturated heterocycles. The molecule has 2 rings (SSSR count). The van der Waals surface area contributed by atoms with Gasteiger partial charge < -0.3 is 15.1 Å². The van der Waals surface area contributed by atoms with Crippen molar-refractivity contribution in [1.29, 1.82) is 0 Å². The fraction of sp³-hybridized carbons (Fsp3) is 0.714. The van der Waals surface area contributed by atoms with Crippen LogP contribution in [0.5, 0.6) is 0 Å². The molecule has 6 heteroatoms. The molecule has 1 aromatic rings. The maximum Gasteiger partial charge on any atom is 0.241 e. The summed E-state index contributed by atoms with van der Waals surface area (Å²) in [5.41, 5.74) is 2.25. The summed E-state index contributed by atoms with van der Waals surface area (Å²) in [4.78, 5) is 15.8. The van der Waals surface area contributed by atoms with Crippen molar-refractivity contribution in [2.75, 3.05) is 38.1 Å². The number of anilines is 1. The molecule has 6 nitrogen and oxygen atoms in total. The van der Waals surface area contributed by atoms with Crippen LogP contribution >= 0.6 is 0 Å². The highest BCUT2D eigenvalue weighted by Crippen LogP contribution is 2.24. The number of hydrogen-bond acceptors (Lipinski definition) is 4. The van der Waals surface area contributed by atoms with Gasteiger partial charge in [-0.05, 0) is 19.9 Å². The molecule has 0 atom stereocenters. The normalized spacial score (nSPS) is 16.1. The molecule has 0 aliphatic carbocycles. The van der Waals surface area contributed by atoms with Gasteiger partial charge in [0, 0.05) is 39.3 Å². The van der Waals surface area contributed by atoms with Crippen LogP contribution in [0, 0.1) is 6.92 Å². The molecule has 0 radical (unpaired) electrons. The second-order valence-electron chi connectivity index (χ2n) is 5.42. The van der Waals surface area contributed by atoms with Crippen molar-refractivity contribution >= 4 is 11.7 Å². The Morgan fingerprint density at radius 3 is 2.70 bits per heavy atom.